The van der Waals surface area contributed by atoms with Crippen LogP contribution in [-0.4, -0.2) is 60.1 Å². The van der Waals surface area contributed by atoms with Gasteiger partial charge in [-0.15, -0.1) is 0 Å². The van der Waals surface area contributed by atoms with Gasteiger partial charge in [0.15, 0.2) is 0 Å². The average molecular weight is 489 g/mol. The predicted octanol–water partition coefficient (Wildman–Crippen LogP) is 4.62. The van der Waals surface area contributed by atoms with Crippen LogP contribution in [0.15, 0.2) is 0 Å². The SMILES string of the molecule is CCC(=O)OCC(O)CCCCCCCC(=O)OCCCCCCCCC(CO)OC(=O)CC. The number of hydrogen-bond donors (Lipinski definition) is 2. The minimum absolute atomic E-state index is 0.0707. The second-order valence-electron chi connectivity index (χ2n) is 8.78. The molecule has 2 unspecified atom stereocenters. The van der Waals surface area contributed by atoms with E-state index in [0.717, 1.165) is 70.6 Å². The number of hydrogen-bond acceptors (Lipinski definition) is 8. The van der Waals surface area contributed by atoms with Crippen molar-refractivity contribution in [2.24, 2.45) is 0 Å². The number of ether oxygens (including phenoxy) is 3. The van der Waals surface area contributed by atoms with E-state index in [1.165, 1.54) is 0 Å². The van der Waals surface area contributed by atoms with E-state index < -0.39 is 6.10 Å². The first-order valence-electron chi connectivity index (χ1n) is 13.2. The Balaban J connectivity index is 3.42. The normalized spacial score (nSPS) is 12.7. The first kappa shape index (κ1) is 32.3. The molecule has 0 aliphatic carbocycles. The maximum absolute atomic E-state index is 11.8. The zero-order chi connectivity index (χ0) is 25.4. The lowest BCUT2D eigenvalue weighted by atomic mass is 10.1. The molecule has 0 saturated heterocycles. The molecule has 0 amide bonds. The molecule has 8 nitrogen and oxygen atoms in total. The van der Waals surface area contributed by atoms with Gasteiger partial charge in [-0.1, -0.05) is 65.2 Å². The van der Waals surface area contributed by atoms with E-state index in [0.29, 0.717) is 38.7 Å². The van der Waals surface area contributed by atoms with Gasteiger partial charge in [-0.3, -0.25) is 14.4 Å². The van der Waals surface area contributed by atoms with E-state index in [-0.39, 0.29) is 37.2 Å². The van der Waals surface area contributed by atoms with Gasteiger partial charge in [0.25, 0.3) is 0 Å². The Morgan fingerprint density at radius 2 is 1.24 bits per heavy atom. The van der Waals surface area contributed by atoms with Crippen LogP contribution < -0.4 is 0 Å². The van der Waals surface area contributed by atoms with Crippen molar-refractivity contribution < 1.29 is 38.8 Å². The Morgan fingerprint density at radius 1 is 0.676 bits per heavy atom. The summed E-state index contributed by atoms with van der Waals surface area (Å²) in [5, 5.41) is 19.0. The average Bonchev–Trinajstić information content (AvgIpc) is 2.84. The molecule has 2 N–H and O–H groups in total. The molecule has 0 spiro atoms. The molecule has 0 aromatic heterocycles. The molecule has 0 bridgehead atoms. The number of unbranched alkanes of at least 4 members (excludes halogenated alkanes) is 9. The fourth-order valence-corrected chi connectivity index (χ4v) is 3.45. The summed E-state index contributed by atoms with van der Waals surface area (Å²) < 4.78 is 15.3. The van der Waals surface area contributed by atoms with Gasteiger partial charge in [0.2, 0.25) is 0 Å². The van der Waals surface area contributed by atoms with E-state index in [2.05, 4.69) is 0 Å². The highest BCUT2D eigenvalue weighted by Gasteiger charge is 2.11. The number of carbonyl (C=O) groups excluding carboxylic acids is 3. The van der Waals surface area contributed by atoms with Gasteiger partial charge in [0.05, 0.1) is 19.3 Å². The van der Waals surface area contributed by atoms with Gasteiger partial charge < -0.3 is 24.4 Å². The Kier molecular flexibility index (Phi) is 22.0. The highest BCUT2D eigenvalue weighted by Crippen LogP contribution is 2.12. The lowest BCUT2D eigenvalue weighted by Crippen LogP contribution is -2.21. The van der Waals surface area contributed by atoms with Crippen molar-refractivity contribution in [2.45, 2.75) is 129 Å². The molecule has 0 aliphatic heterocycles. The van der Waals surface area contributed by atoms with Crippen LogP contribution in [0.1, 0.15) is 117 Å². The third-order valence-corrected chi connectivity index (χ3v) is 5.62. The van der Waals surface area contributed by atoms with Crippen molar-refractivity contribution in [2.75, 3.05) is 19.8 Å². The van der Waals surface area contributed by atoms with E-state index in [1.807, 2.05) is 0 Å². The minimum Gasteiger partial charge on any atom is -0.466 e. The second-order valence-corrected chi connectivity index (χ2v) is 8.78. The standard InChI is InChI=1S/C26H48O8/c1-3-24(29)33-21-22(28)16-12-8-7-10-14-18-26(31)32-19-15-11-6-5-9-13-17-23(20-27)34-25(30)4-2/h22-23,27-28H,3-21H2,1-2H3. The highest BCUT2D eigenvalue weighted by molar-refractivity contribution is 5.69. The third kappa shape index (κ3) is 20.9. The quantitative estimate of drug-likeness (QED) is 0.121. The molecule has 2 atom stereocenters. The van der Waals surface area contributed by atoms with E-state index in [1.54, 1.807) is 13.8 Å². The van der Waals surface area contributed by atoms with Gasteiger partial charge in [0.1, 0.15) is 12.7 Å². The molecule has 0 aromatic carbocycles. The number of carbonyl (C=O) groups is 3. The Labute approximate surface area is 205 Å². The van der Waals surface area contributed by atoms with Crippen LogP contribution >= 0.6 is 0 Å². The number of esters is 3. The zero-order valence-corrected chi connectivity index (χ0v) is 21.4. The molecule has 200 valence electrons. The van der Waals surface area contributed by atoms with Crippen molar-refractivity contribution >= 4 is 17.9 Å². The molecular weight excluding hydrogens is 440 g/mol. The molecule has 0 aliphatic rings. The van der Waals surface area contributed by atoms with Crippen molar-refractivity contribution in [3.05, 3.63) is 0 Å². The van der Waals surface area contributed by atoms with Crippen molar-refractivity contribution in [1.29, 1.82) is 0 Å². The summed E-state index contributed by atoms with van der Waals surface area (Å²) in [6.07, 6.45) is 12.1. The molecule has 0 fully saturated rings. The van der Waals surface area contributed by atoms with E-state index in [9.17, 15) is 24.6 Å². The van der Waals surface area contributed by atoms with Crippen molar-refractivity contribution in [1.82, 2.24) is 0 Å². The fourth-order valence-electron chi connectivity index (χ4n) is 3.45. The molecule has 0 saturated carbocycles. The lowest BCUT2D eigenvalue weighted by molar-refractivity contribution is -0.151. The van der Waals surface area contributed by atoms with E-state index in [4.69, 9.17) is 14.2 Å². The van der Waals surface area contributed by atoms with Gasteiger partial charge >= 0.3 is 17.9 Å². The van der Waals surface area contributed by atoms with Gasteiger partial charge in [-0.25, -0.2) is 0 Å². The van der Waals surface area contributed by atoms with Crippen LogP contribution in [0.4, 0.5) is 0 Å². The molecule has 8 heteroatoms. The molecule has 0 aromatic rings. The molecule has 0 heterocycles. The Bertz CT molecular complexity index is 523. The maximum atomic E-state index is 11.8. The highest BCUT2D eigenvalue weighted by atomic mass is 16.6. The smallest absolute Gasteiger partial charge is 0.305 e. The van der Waals surface area contributed by atoms with Crippen LogP contribution in [0, 0.1) is 0 Å². The van der Waals surface area contributed by atoms with Crippen LogP contribution in [0.25, 0.3) is 0 Å². The monoisotopic (exact) mass is 488 g/mol. The van der Waals surface area contributed by atoms with E-state index >= 15 is 0 Å². The van der Waals surface area contributed by atoms with Crippen LogP contribution in [0.5, 0.6) is 0 Å². The number of aliphatic hydroxyl groups is 2. The maximum Gasteiger partial charge on any atom is 0.305 e. The first-order chi connectivity index (χ1) is 16.4. The lowest BCUT2D eigenvalue weighted by Gasteiger charge is -2.14. The summed E-state index contributed by atoms with van der Waals surface area (Å²) in [5.41, 5.74) is 0. The second kappa shape index (κ2) is 23.1. The van der Waals surface area contributed by atoms with Crippen molar-refractivity contribution in [3.63, 3.8) is 0 Å². The topological polar surface area (TPSA) is 119 Å². The first-order valence-corrected chi connectivity index (χ1v) is 13.2. The fraction of sp³-hybridized carbons (Fsp3) is 0.885. The minimum atomic E-state index is -0.596. The number of aliphatic hydroxyl groups excluding tert-OH is 2. The van der Waals surface area contributed by atoms with Crippen LogP contribution in [0.2, 0.25) is 0 Å². The largest absolute Gasteiger partial charge is 0.466 e. The van der Waals surface area contributed by atoms with Gasteiger partial charge in [0, 0.05) is 19.3 Å². The zero-order valence-electron chi connectivity index (χ0n) is 21.4. The van der Waals surface area contributed by atoms with Crippen LogP contribution in [-0.2, 0) is 28.6 Å². The molecule has 34 heavy (non-hydrogen) atoms. The Hall–Kier alpha value is -1.67. The molecule has 0 radical (unpaired) electrons. The van der Waals surface area contributed by atoms with Crippen LogP contribution in [0.3, 0.4) is 0 Å². The van der Waals surface area contributed by atoms with Gasteiger partial charge in [-0.2, -0.15) is 0 Å². The summed E-state index contributed by atoms with van der Waals surface area (Å²) in [6.45, 7) is 3.88. The van der Waals surface area contributed by atoms with Crippen molar-refractivity contribution in [3.8, 4) is 0 Å². The summed E-state index contributed by atoms with van der Waals surface area (Å²) >= 11 is 0. The summed E-state index contributed by atoms with van der Waals surface area (Å²) in [6, 6.07) is 0. The molecular formula is C26H48O8. The summed E-state index contributed by atoms with van der Waals surface area (Å²) in [4.78, 5) is 34.1. The third-order valence-electron chi connectivity index (χ3n) is 5.62. The van der Waals surface area contributed by atoms with Gasteiger partial charge in [-0.05, 0) is 32.1 Å². The summed E-state index contributed by atoms with van der Waals surface area (Å²) in [7, 11) is 0. The Morgan fingerprint density at radius 3 is 1.85 bits per heavy atom. The number of rotatable bonds is 23. The summed E-state index contributed by atoms with van der Waals surface area (Å²) in [5.74, 6) is -0.692. The molecule has 0 rings (SSSR count). The predicted molar refractivity (Wildman–Crippen MR) is 130 cm³/mol.